The molecule has 4 nitrogen and oxygen atoms in total. The molecule has 1 atom stereocenters. The first kappa shape index (κ1) is 15.7. The van der Waals surface area contributed by atoms with Gasteiger partial charge in [-0.05, 0) is 25.6 Å². The van der Waals surface area contributed by atoms with Crippen LogP contribution in [-0.4, -0.2) is 40.8 Å². The fraction of sp³-hybridized carbons (Fsp3) is 0.471. The Labute approximate surface area is 127 Å². The Morgan fingerprint density at radius 3 is 2.57 bits per heavy atom. The number of nitrogens with zero attached hydrogens (tertiary/aromatic N) is 2. The van der Waals surface area contributed by atoms with Crippen LogP contribution in [0.4, 0.5) is 0 Å². The second-order valence-corrected chi connectivity index (χ2v) is 5.40. The summed E-state index contributed by atoms with van der Waals surface area (Å²) < 4.78 is 0. The highest BCUT2D eigenvalue weighted by Crippen LogP contribution is 2.20. The highest BCUT2D eigenvalue weighted by Gasteiger charge is 2.10. The molecule has 2 aromatic rings. The van der Waals surface area contributed by atoms with E-state index >= 15 is 0 Å². The van der Waals surface area contributed by atoms with Gasteiger partial charge in [-0.15, -0.1) is 0 Å². The molecule has 0 spiro atoms. The molecule has 0 saturated carbocycles. The summed E-state index contributed by atoms with van der Waals surface area (Å²) >= 11 is 0. The minimum Gasteiger partial charge on any atom is -0.309 e. The lowest BCUT2D eigenvalue weighted by Gasteiger charge is -2.23. The Kier molecular flexibility index (Phi) is 5.96. The van der Waals surface area contributed by atoms with Crippen LogP contribution in [0, 0.1) is 0 Å². The van der Waals surface area contributed by atoms with E-state index < -0.39 is 0 Å². The van der Waals surface area contributed by atoms with Crippen LogP contribution in [0.3, 0.4) is 0 Å². The predicted octanol–water partition coefficient (Wildman–Crippen LogP) is 2.90. The van der Waals surface area contributed by atoms with Crippen molar-refractivity contribution in [1.29, 1.82) is 0 Å². The first-order chi connectivity index (χ1) is 10.2. The highest BCUT2D eigenvalue weighted by molar-refractivity contribution is 5.62. The summed E-state index contributed by atoms with van der Waals surface area (Å²) in [4.78, 5) is 2.44. The van der Waals surface area contributed by atoms with Crippen LogP contribution in [0.15, 0.2) is 36.5 Å². The molecule has 0 amide bonds. The largest absolute Gasteiger partial charge is 0.309 e. The number of aromatic nitrogens is 2. The van der Waals surface area contributed by atoms with Gasteiger partial charge in [0, 0.05) is 24.7 Å². The number of rotatable bonds is 8. The molecule has 0 saturated heterocycles. The van der Waals surface area contributed by atoms with Gasteiger partial charge in [0.05, 0.1) is 11.9 Å². The lowest BCUT2D eigenvalue weighted by Crippen LogP contribution is -2.38. The zero-order valence-electron chi connectivity index (χ0n) is 13.3. The van der Waals surface area contributed by atoms with Gasteiger partial charge < -0.3 is 10.2 Å². The van der Waals surface area contributed by atoms with Crippen molar-refractivity contribution >= 4 is 0 Å². The molecule has 0 aliphatic carbocycles. The molecule has 1 unspecified atom stereocenters. The van der Waals surface area contributed by atoms with Gasteiger partial charge in [-0.25, -0.2) is 0 Å². The minimum absolute atomic E-state index is 0.462. The Morgan fingerprint density at radius 2 is 1.90 bits per heavy atom. The van der Waals surface area contributed by atoms with E-state index in [2.05, 4.69) is 65.5 Å². The molecule has 2 rings (SSSR count). The molecule has 114 valence electrons. The molecule has 1 aromatic heterocycles. The lowest BCUT2D eigenvalue weighted by molar-refractivity contribution is 0.271. The Balaban J connectivity index is 1.94. The van der Waals surface area contributed by atoms with Crippen LogP contribution >= 0.6 is 0 Å². The molecule has 0 bridgehead atoms. The Hall–Kier alpha value is -1.65. The van der Waals surface area contributed by atoms with Gasteiger partial charge in [-0.2, -0.15) is 5.10 Å². The maximum absolute atomic E-state index is 4.19. The molecular weight excluding hydrogens is 260 g/mol. The van der Waals surface area contributed by atoms with Gasteiger partial charge in [0.2, 0.25) is 0 Å². The summed E-state index contributed by atoms with van der Waals surface area (Å²) in [5.41, 5.74) is 3.51. The molecule has 0 fully saturated rings. The SMILES string of the molecule is CCN(CC)CC(C)NCc1cn[nH]c1-c1ccccc1. The van der Waals surface area contributed by atoms with Crippen LogP contribution in [-0.2, 0) is 6.54 Å². The van der Waals surface area contributed by atoms with E-state index in [0.717, 1.165) is 31.9 Å². The Bertz CT molecular complexity index is 517. The highest BCUT2D eigenvalue weighted by atomic mass is 15.1. The van der Waals surface area contributed by atoms with Crippen LogP contribution in [0.2, 0.25) is 0 Å². The van der Waals surface area contributed by atoms with E-state index in [1.807, 2.05) is 12.3 Å². The number of likely N-dealkylation sites (N-methyl/N-ethyl adjacent to an activating group) is 1. The van der Waals surface area contributed by atoms with Gasteiger partial charge in [0.15, 0.2) is 0 Å². The average Bonchev–Trinajstić information content (AvgIpc) is 3.00. The van der Waals surface area contributed by atoms with E-state index in [1.165, 1.54) is 11.1 Å². The van der Waals surface area contributed by atoms with Gasteiger partial charge in [0.1, 0.15) is 0 Å². The van der Waals surface area contributed by atoms with Crippen molar-refractivity contribution < 1.29 is 0 Å². The van der Waals surface area contributed by atoms with Crippen LogP contribution in [0.25, 0.3) is 11.3 Å². The minimum atomic E-state index is 0.462. The number of H-pyrrole nitrogens is 1. The van der Waals surface area contributed by atoms with Gasteiger partial charge in [-0.1, -0.05) is 44.2 Å². The monoisotopic (exact) mass is 286 g/mol. The first-order valence-corrected chi connectivity index (χ1v) is 7.78. The third-order valence-electron chi connectivity index (χ3n) is 3.85. The number of benzene rings is 1. The molecular formula is C17H26N4. The Morgan fingerprint density at radius 1 is 1.19 bits per heavy atom. The average molecular weight is 286 g/mol. The third kappa shape index (κ3) is 4.41. The van der Waals surface area contributed by atoms with Crippen molar-refractivity contribution in [3.63, 3.8) is 0 Å². The summed E-state index contributed by atoms with van der Waals surface area (Å²) in [7, 11) is 0. The maximum Gasteiger partial charge on any atom is 0.0695 e. The number of hydrogen-bond donors (Lipinski definition) is 2. The molecule has 0 aliphatic heterocycles. The fourth-order valence-electron chi connectivity index (χ4n) is 2.52. The summed E-state index contributed by atoms with van der Waals surface area (Å²) in [6.45, 7) is 10.8. The van der Waals surface area contributed by atoms with Crippen molar-refractivity contribution in [3.05, 3.63) is 42.1 Å². The first-order valence-electron chi connectivity index (χ1n) is 7.78. The van der Waals surface area contributed by atoms with Crippen LogP contribution in [0.5, 0.6) is 0 Å². The van der Waals surface area contributed by atoms with E-state index in [4.69, 9.17) is 0 Å². The van der Waals surface area contributed by atoms with E-state index in [9.17, 15) is 0 Å². The number of hydrogen-bond acceptors (Lipinski definition) is 3. The van der Waals surface area contributed by atoms with Crippen molar-refractivity contribution in [2.45, 2.75) is 33.4 Å². The summed E-state index contributed by atoms with van der Waals surface area (Å²) in [6, 6.07) is 10.8. The molecule has 4 heteroatoms. The molecule has 21 heavy (non-hydrogen) atoms. The van der Waals surface area contributed by atoms with Crippen LogP contribution in [0.1, 0.15) is 26.3 Å². The van der Waals surface area contributed by atoms with E-state index in [0.29, 0.717) is 6.04 Å². The fourth-order valence-corrected chi connectivity index (χ4v) is 2.52. The smallest absolute Gasteiger partial charge is 0.0695 e. The van der Waals surface area contributed by atoms with Gasteiger partial charge in [-0.3, -0.25) is 5.10 Å². The normalized spacial score (nSPS) is 12.8. The summed E-state index contributed by atoms with van der Waals surface area (Å²) in [6.07, 6.45) is 1.92. The number of nitrogens with one attached hydrogen (secondary N) is 2. The van der Waals surface area contributed by atoms with Crippen molar-refractivity contribution in [3.8, 4) is 11.3 Å². The number of aromatic amines is 1. The summed E-state index contributed by atoms with van der Waals surface area (Å²) in [5.74, 6) is 0. The maximum atomic E-state index is 4.19. The quantitative estimate of drug-likeness (QED) is 0.784. The van der Waals surface area contributed by atoms with Crippen molar-refractivity contribution in [1.82, 2.24) is 20.4 Å². The van der Waals surface area contributed by atoms with Crippen LogP contribution < -0.4 is 5.32 Å². The standard InChI is InChI=1S/C17H26N4/c1-4-21(5-2)13-14(3)18-11-16-12-19-20-17(16)15-9-7-6-8-10-15/h6-10,12,14,18H,4-5,11,13H2,1-3H3,(H,19,20). The predicted molar refractivity (Wildman–Crippen MR) is 88.1 cm³/mol. The second kappa shape index (κ2) is 7.96. The molecule has 2 N–H and O–H groups in total. The molecule has 0 radical (unpaired) electrons. The molecule has 1 aromatic carbocycles. The second-order valence-electron chi connectivity index (χ2n) is 5.40. The van der Waals surface area contributed by atoms with Gasteiger partial charge in [0.25, 0.3) is 0 Å². The molecule has 1 heterocycles. The van der Waals surface area contributed by atoms with E-state index in [-0.39, 0.29) is 0 Å². The zero-order valence-corrected chi connectivity index (χ0v) is 13.3. The zero-order chi connectivity index (χ0) is 15.1. The summed E-state index contributed by atoms with van der Waals surface area (Å²) in [5, 5.41) is 10.9. The molecule has 0 aliphatic rings. The van der Waals surface area contributed by atoms with Crippen molar-refractivity contribution in [2.24, 2.45) is 0 Å². The van der Waals surface area contributed by atoms with Crippen molar-refractivity contribution in [2.75, 3.05) is 19.6 Å². The van der Waals surface area contributed by atoms with Gasteiger partial charge >= 0.3 is 0 Å². The third-order valence-corrected chi connectivity index (χ3v) is 3.85. The topological polar surface area (TPSA) is 44.0 Å². The van der Waals surface area contributed by atoms with E-state index in [1.54, 1.807) is 0 Å². The lowest BCUT2D eigenvalue weighted by atomic mass is 10.1.